The summed E-state index contributed by atoms with van der Waals surface area (Å²) in [6.07, 6.45) is 3.20. The van der Waals surface area contributed by atoms with Gasteiger partial charge in [0.2, 0.25) is 0 Å². The number of amides is 2. The number of hydrogen-bond acceptors (Lipinski definition) is 4. The van der Waals surface area contributed by atoms with Crippen LogP contribution in [0.1, 0.15) is 11.3 Å². The lowest BCUT2D eigenvalue weighted by Crippen LogP contribution is -2.44. The largest absolute Gasteiger partial charge is 0.337 e. The van der Waals surface area contributed by atoms with Crippen molar-refractivity contribution in [2.75, 3.05) is 19.6 Å². The highest BCUT2D eigenvalue weighted by Crippen LogP contribution is 2.23. The number of aromatic nitrogens is 2. The summed E-state index contributed by atoms with van der Waals surface area (Å²) in [6, 6.07) is 5.72. The standard InChI is InChI=1S/C16H22FN5OS/c17-13-9-14(21(11-13)12-15-3-1-8-24-15)10-19-16(23)18-5-7-22-6-2-4-20-22/h1-4,6,8,13-14H,5,7,9-12H2,(H2,18,19,23)/t13-,14-/m0/s1. The van der Waals surface area contributed by atoms with Crippen molar-refractivity contribution in [3.8, 4) is 0 Å². The summed E-state index contributed by atoms with van der Waals surface area (Å²) < 4.78 is 15.5. The van der Waals surface area contributed by atoms with E-state index in [2.05, 4.69) is 26.7 Å². The molecule has 0 bridgehead atoms. The maximum atomic E-state index is 13.8. The molecule has 2 atom stereocenters. The first-order valence-corrected chi connectivity index (χ1v) is 8.98. The molecule has 0 unspecified atom stereocenters. The van der Waals surface area contributed by atoms with Crippen LogP contribution < -0.4 is 10.6 Å². The van der Waals surface area contributed by atoms with Crippen molar-refractivity contribution in [2.24, 2.45) is 0 Å². The Kier molecular flexibility index (Phi) is 5.81. The first-order valence-electron chi connectivity index (χ1n) is 8.10. The van der Waals surface area contributed by atoms with Gasteiger partial charge in [-0.2, -0.15) is 5.10 Å². The van der Waals surface area contributed by atoms with E-state index in [9.17, 15) is 9.18 Å². The smallest absolute Gasteiger partial charge is 0.314 e. The molecule has 1 aliphatic heterocycles. The molecule has 0 radical (unpaired) electrons. The summed E-state index contributed by atoms with van der Waals surface area (Å²) in [5, 5.41) is 11.7. The number of hydrogen-bond donors (Lipinski definition) is 2. The van der Waals surface area contributed by atoms with Crippen LogP contribution in [0.25, 0.3) is 0 Å². The van der Waals surface area contributed by atoms with E-state index >= 15 is 0 Å². The third-order valence-corrected chi connectivity index (χ3v) is 4.96. The van der Waals surface area contributed by atoms with Crippen LogP contribution in [0.2, 0.25) is 0 Å². The van der Waals surface area contributed by atoms with Crippen molar-refractivity contribution in [1.29, 1.82) is 0 Å². The second kappa shape index (κ2) is 8.25. The molecule has 0 spiro atoms. The Hall–Kier alpha value is -1.93. The summed E-state index contributed by atoms with van der Waals surface area (Å²) in [5.41, 5.74) is 0. The molecule has 0 saturated carbocycles. The zero-order valence-electron chi connectivity index (χ0n) is 13.4. The minimum absolute atomic E-state index is 0.0407. The number of halogens is 1. The highest BCUT2D eigenvalue weighted by atomic mass is 32.1. The zero-order chi connectivity index (χ0) is 16.8. The molecular formula is C16H22FN5OS. The molecule has 130 valence electrons. The molecule has 3 rings (SSSR count). The van der Waals surface area contributed by atoms with E-state index in [4.69, 9.17) is 0 Å². The van der Waals surface area contributed by atoms with Crippen LogP contribution in [0.3, 0.4) is 0 Å². The van der Waals surface area contributed by atoms with E-state index in [0.29, 0.717) is 32.6 Å². The lowest BCUT2D eigenvalue weighted by Gasteiger charge is -2.23. The topological polar surface area (TPSA) is 62.2 Å². The van der Waals surface area contributed by atoms with Crippen molar-refractivity contribution < 1.29 is 9.18 Å². The number of rotatable bonds is 7. The Morgan fingerprint density at radius 2 is 2.33 bits per heavy atom. The molecule has 24 heavy (non-hydrogen) atoms. The second-order valence-electron chi connectivity index (χ2n) is 5.90. The molecule has 6 nitrogen and oxygen atoms in total. The van der Waals surface area contributed by atoms with E-state index in [1.165, 1.54) is 4.88 Å². The van der Waals surface area contributed by atoms with Gasteiger partial charge in [-0.25, -0.2) is 9.18 Å². The van der Waals surface area contributed by atoms with Gasteiger partial charge in [0, 0.05) is 49.5 Å². The maximum Gasteiger partial charge on any atom is 0.314 e. The van der Waals surface area contributed by atoms with Crippen LogP contribution in [0.4, 0.5) is 9.18 Å². The van der Waals surface area contributed by atoms with Gasteiger partial charge in [-0.15, -0.1) is 11.3 Å². The average Bonchev–Trinajstić information content (AvgIpc) is 3.29. The molecule has 3 heterocycles. The van der Waals surface area contributed by atoms with Crippen LogP contribution in [0, 0.1) is 0 Å². The van der Waals surface area contributed by atoms with E-state index < -0.39 is 6.17 Å². The predicted molar refractivity (Wildman–Crippen MR) is 91.7 cm³/mol. The van der Waals surface area contributed by atoms with Crippen molar-refractivity contribution in [3.05, 3.63) is 40.8 Å². The number of likely N-dealkylation sites (tertiary alicyclic amines) is 1. The Morgan fingerprint density at radius 3 is 3.08 bits per heavy atom. The lowest BCUT2D eigenvalue weighted by atomic mass is 10.2. The molecule has 0 aliphatic carbocycles. The first-order chi connectivity index (χ1) is 11.7. The summed E-state index contributed by atoms with van der Waals surface area (Å²) in [5.74, 6) is 0. The minimum Gasteiger partial charge on any atom is -0.337 e. The molecule has 2 aromatic rings. The Balaban J connectivity index is 1.39. The van der Waals surface area contributed by atoms with Crippen LogP contribution in [-0.2, 0) is 13.1 Å². The number of urea groups is 1. The van der Waals surface area contributed by atoms with Gasteiger partial charge >= 0.3 is 6.03 Å². The third kappa shape index (κ3) is 4.78. The molecule has 8 heteroatoms. The van der Waals surface area contributed by atoms with Gasteiger partial charge in [0.25, 0.3) is 0 Å². The van der Waals surface area contributed by atoms with Gasteiger partial charge < -0.3 is 10.6 Å². The van der Waals surface area contributed by atoms with Crippen LogP contribution >= 0.6 is 11.3 Å². The van der Waals surface area contributed by atoms with Gasteiger partial charge in [-0.05, 0) is 23.9 Å². The monoisotopic (exact) mass is 351 g/mol. The van der Waals surface area contributed by atoms with Gasteiger partial charge in [-0.1, -0.05) is 6.07 Å². The number of nitrogens with one attached hydrogen (secondary N) is 2. The van der Waals surface area contributed by atoms with Gasteiger partial charge in [0.15, 0.2) is 0 Å². The summed E-state index contributed by atoms with van der Waals surface area (Å²) >= 11 is 1.68. The van der Waals surface area contributed by atoms with Crippen LogP contribution in [-0.4, -0.2) is 52.6 Å². The highest BCUT2D eigenvalue weighted by molar-refractivity contribution is 7.09. The SMILES string of the molecule is O=C(NCCn1cccn1)NC[C@@H]1C[C@H](F)CN1Cc1cccs1. The molecule has 1 fully saturated rings. The maximum absolute atomic E-state index is 13.8. The van der Waals surface area contributed by atoms with E-state index in [0.717, 1.165) is 6.54 Å². The fourth-order valence-corrected chi connectivity index (χ4v) is 3.65. The summed E-state index contributed by atoms with van der Waals surface area (Å²) in [7, 11) is 0. The summed E-state index contributed by atoms with van der Waals surface area (Å²) in [4.78, 5) is 15.2. The molecule has 2 amide bonds. The molecule has 2 N–H and O–H groups in total. The fourth-order valence-electron chi connectivity index (χ4n) is 2.92. The Bertz CT molecular complexity index is 618. The number of carbonyl (C=O) groups excluding carboxylic acids is 1. The van der Waals surface area contributed by atoms with Gasteiger partial charge in [0.1, 0.15) is 6.17 Å². The number of nitrogens with zero attached hydrogens (tertiary/aromatic N) is 3. The zero-order valence-corrected chi connectivity index (χ0v) is 14.2. The summed E-state index contributed by atoms with van der Waals surface area (Å²) in [6.45, 7) is 2.76. The number of alkyl halides is 1. The molecule has 1 aliphatic rings. The van der Waals surface area contributed by atoms with Gasteiger partial charge in [0.05, 0.1) is 6.54 Å². The number of carbonyl (C=O) groups is 1. The van der Waals surface area contributed by atoms with Crippen LogP contribution in [0.15, 0.2) is 36.0 Å². The third-order valence-electron chi connectivity index (χ3n) is 4.10. The molecule has 2 aromatic heterocycles. The van der Waals surface area contributed by atoms with Crippen LogP contribution in [0.5, 0.6) is 0 Å². The van der Waals surface area contributed by atoms with E-state index in [-0.39, 0.29) is 12.1 Å². The lowest BCUT2D eigenvalue weighted by molar-refractivity contribution is 0.220. The number of thiophene rings is 1. The van der Waals surface area contributed by atoms with Gasteiger partial charge in [-0.3, -0.25) is 9.58 Å². The predicted octanol–water partition coefficient (Wildman–Crippen LogP) is 1.86. The van der Waals surface area contributed by atoms with Crippen molar-refractivity contribution >= 4 is 17.4 Å². The Labute approximate surface area is 144 Å². The average molecular weight is 351 g/mol. The fraction of sp³-hybridized carbons (Fsp3) is 0.500. The molecular weight excluding hydrogens is 329 g/mol. The van der Waals surface area contributed by atoms with E-state index in [1.54, 1.807) is 22.2 Å². The van der Waals surface area contributed by atoms with Crippen molar-refractivity contribution in [3.63, 3.8) is 0 Å². The highest BCUT2D eigenvalue weighted by Gasteiger charge is 2.32. The molecule has 0 aromatic carbocycles. The Morgan fingerprint density at radius 1 is 1.42 bits per heavy atom. The van der Waals surface area contributed by atoms with Crippen molar-refractivity contribution in [2.45, 2.75) is 31.7 Å². The second-order valence-corrected chi connectivity index (χ2v) is 6.93. The van der Waals surface area contributed by atoms with E-state index in [1.807, 2.05) is 23.7 Å². The quantitative estimate of drug-likeness (QED) is 0.800. The van der Waals surface area contributed by atoms with Crippen molar-refractivity contribution in [1.82, 2.24) is 25.3 Å². The normalized spacial score (nSPS) is 21.0. The molecule has 1 saturated heterocycles. The minimum atomic E-state index is -0.820. The first kappa shape index (κ1) is 16.9.